The van der Waals surface area contributed by atoms with Crippen LogP contribution in [0.1, 0.15) is 43.1 Å². The number of nitrogens with two attached hydrogens (primary N) is 1. The number of thiocarbonyl (C=S) groups is 1. The Morgan fingerprint density at radius 1 is 1.19 bits per heavy atom. The van der Waals surface area contributed by atoms with Gasteiger partial charge in [0.25, 0.3) is 5.91 Å². The van der Waals surface area contributed by atoms with E-state index in [1.165, 1.54) is 11.0 Å². The van der Waals surface area contributed by atoms with E-state index in [4.69, 9.17) is 22.7 Å². The zero-order valence-corrected chi connectivity index (χ0v) is 19.2. The first kappa shape index (κ1) is 23.8. The van der Waals surface area contributed by atoms with Crippen LogP contribution in [0, 0.1) is 11.2 Å². The Morgan fingerprint density at radius 3 is 2.41 bits per heavy atom. The number of hydrogen-bond acceptors (Lipinski definition) is 5. The molecule has 1 aliphatic rings. The van der Waals surface area contributed by atoms with E-state index >= 15 is 4.39 Å². The van der Waals surface area contributed by atoms with E-state index in [1.54, 1.807) is 69.3 Å². The fraction of sp³-hybridized carbons (Fsp3) is 0.375. The van der Waals surface area contributed by atoms with Crippen LogP contribution in [-0.2, 0) is 15.1 Å². The van der Waals surface area contributed by atoms with Gasteiger partial charge in [-0.25, -0.2) is 4.39 Å². The fourth-order valence-corrected chi connectivity index (χ4v) is 4.31. The molecule has 0 saturated carbocycles. The molecule has 1 amide bonds. The van der Waals surface area contributed by atoms with Crippen LogP contribution in [0.15, 0.2) is 54.6 Å². The number of benzene rings is 2. The van der Waals surface area contributed by atoms with Crippen molar-refractivity contribution in [3.05, 3.63) is 71.5 Å². The van der Waals surface area contributed by atoms with Crippen LogP contribution in [0.25, 0.3) is 0 Å². The summed E-state index contributed by atoms with van der Waals surface area (Å²) in [6, 6.07) is 14.2. The van der Waals surface area contributed by atoms with Gasteiger partial charge in [0.2, 0.25) is 0 Å². The van der Waals surface area contributed by atoms with E-state index in [0.29, 0.717) is 18.5 Å². The minimum atomic E-state index is -1.28. The first-order chi connectivity index (χ1) is 15.1. The molecule has 6 nitrogen and oxygen atoms in total. The molecule has 3 N–H and O–H groups in total. The fourth-order valence-electron chi connectivity index (χ4n) is 4.06. The third kappa shape index (κ3) is 4.52. The van der Waals surface area contributed by atoms with Crippen molar-refractivity contribution in [2.24, 2.45) is 11.1 Å². The van der Waals surface area contributed by atoms with E-state index < -0.39 is 34.7 Å². The molecule has 2 aromatic carbocycles. The van der Waals surface area contributed by atoms with E-state index in [2.05, 4.69) is 5.32 Å². The van der Waals surface area contributed by atoms with Crippen LogP contribution in [-0.4, -0.2) is 41.1 Å². The lowest BCUT2D eigenvalue weighted by Gasteiger charge is -2.44. The van der Waals surface area contributed by atoms with Crippen molar-refractivity contribution in [3.8, 4) is 0 Å². The van der Waals surface area contributed by atoms with Gasteiger partial charge < -0.3 is 15.8 Å². The number of esters is 1. The largest absolute Gasteiger partial charge is 0.464 e. The summed E-state index contributed by atoms with van der Waals surface area (Å²) in [5, 5.41) is 3.09. The van der Waals surface area contributed by atoms with Gasteiger partial charge in [0.1, 0.15) is 12.4 Å². The van der Waals surface area contributed by atoms with Gasteiger partial charge in [-0.15, -0.1) is 0 Å². The number of carbonyl (C=O) groups is 2. The highest BCUT2D eigenvalue weighted by Gasteiger charge is 2.53. The standard InChI is InChI=1S/C24H28FN3O3S/c1-23(2,3)21(30)31-15-19-24(13-14-27-19,17-11-7-8-12-18(17)25)28(22(26)32)20(29)16-9-5-4-6-10-16/h4-12,19,27H,13-15H2,1-3H3,(H2,26,32). The summed E-state index contributed by atoms with van der Waals surface area (Å²) in [5.74, 6) is -1.34. The number of carbonyl (C=O) groups excluding carboxylic acids is 2. The Hall–Kier alpha value is -2.84. The molecule has 0 aromatic heterocycles. The Bertz CT molecular complexity index is 1010. The van der Waals surface area contributed by atoms with Gasteiger partial charge >= 0.3 is 5.97 Å². The first-order valence-electron chi connectivity index (χ1n) is 10.4. The second-order valence-corrected chi connectivity index (χ2v) is 9.27. The minimum Gasteiger partial charge on any atom is -0.464 e. The van der Waals surface area contributed by atoms with Crippen molar-refractivity contribution in [1.29, 1.82) is 0 Å². The monoisotopic (exact) mass is 457 g/mol. The molecule has 0 spiro atoms. The topological polar surface area (TPSA) is 84.7 Å². The molecule has 1 saturated heterocycles. The molecular weight excluding hydrogens is 429 g/mol. The molecule has 2 aromatic rings. The number of rotatable bonds is 5. The predicted octanol–water partition coefficient (Wildman–Crippen LogP) is 3.36. The lowest BCUT2D eigenvalue weighted by atomic mass is 9.80. The highest BCUT2D eigenvalue weighted by molar-refractivity contribution is 7.80. The van der Waals surface area contributed by atoms with Crippen LogP contribution < -0.4 is 11.1 Å². The van der Waals surface area contributed by atoms with E-state index in [-0.39, 0.29) is 17.3 Å². The molecule has 32 heavy (non-hydrogen) atoms. The van der Waals surface area contributed by atoms with Gasteiger partial charge in [0, 0.05) is 11.1 Å². The van der Waals surface area contributed by atoms with Gasteiger partial charge in [0.05, 0.1) is 17.0 Å². The van der Waals surface area contributed by atoms with Crippen molar-refractivity contribution < 1.29 is 18.7 Å². The summed E-state index contributed by atoms with van der Waals surface area (Å²) in [6.07, 6.45) is 0.335. The number of ether oxygens (including phenoxy) is 1. The molecule has 0 aliphatic carbocycles. The van der Waals surface area contributed by atoms with Gasteiger partial charge in [0.15, 0.2) is 5.11 Å². The van der Waals surface area contributed by atoms with Crippen LogP contribution >= 0.6 is 12.2 Å². The quantitative estimate of drug-likeness (QED) is 0.529. The summed E-state index contributed by atoms with van der Waals surface area (Å²) in [4.78, 5) is 27.3. The number of amides is 1. The van der Waals surface area contributed by atoms with E-state index in [0.717, 1.165) is 0 Å². The summed E-state index contributed by atoms with van der Waals surface area (Å²) < 4.78 is 20.8. The second-order valence-electron chi connectivity index (χ2n) is 8.85. The average Bonchev–Trinajstić information content (AvgIpc) is 3.15. The number of halogens is 1. The molecule has 170 valence electrons. The van der Waals surface area contributed by atoms with Crippen molar-refractivity contribution in [2.45, 2.75) is 38.8 Å². The average molecular weight is 458 g/mol. The molecule has 1 heterocycles. The summed E-state index contributed by atoms with van der Waals surface area (Å²) >= 11 is 5.32. The van der Waals surface area contributed by atoms with Gasteiger partial charge in [-0.05, 0) is 64.2 Å². The Balaban J connectivity index is 2.12. The summed E-state index contributed by atoms with van der Waals surface area (Å²) in [7, 11) is 0. The molecule has 2 unspecified atom stereocenters. The molecule has 1 aliphatic heterocycles. The molecule has 3 rings (SSSR count). The van der Waals surface area contributed by atoms with Crippen LogP contribution in [0.5, 0.6) is 0 Å². The Labute approximate surface area is 192 Å². The highest BCUT2D eigenvalue weighted by Crippen LogP contribution is 2.41. The summed E-state index contributed by atoms with van der Waals surface area (Å²) in [5.41, 5.74) is 4.74. The maximum absolute atomic E-state index is 15.2. The third-order valence-electron chi connectivity index (χ3n) is 5.65. The van der Waals surface area contributed by atoms with Crippen LogP contribution in [0.3, 0.4) is 0 Å². The molecule has 2 atom stereocenters. The maximum Gasteiger partial charge on any atom is 0.311 e. The summed E-state index contributed by atoms with van der Waals surface area (Å²) in [6.45, 7) is 5.63. The van der Waals surface area contributed by atoms with E-state index in [1.807, 2.05) is 0 Å². The van der Waals surface area contributed by atoms with Gasteiger partial charge in [-0.1, -0.05) is 36.4 Å². The van der Waals surface area contributed by atoms with Crippen molar-refractivity contribution in [1.82, 2.24) is 10.2 Å². The van der Waals surface area contributed by atoms with Crippen molar-refractivity contribution in [2.75, 3.05) is 13.2 Å². The lowest BCUT2D eigenvalue weighted by molar-refractivity contribution is -0.154. The SMILES string of the molecule is CC(C)(C)C(=O)OCC1NCCC1(c1ccccc1F)N(C(=O)c1ccccc1)C(N)=S. The van der Waals surface area contributed by atoms with Crippen LogP contribution in [0.4, 0.5) is 4.39 Å². The smallest absolute Gasteiger partial charge is 0.311 e. The number of hydrogen-bond donors (Lipinski definition) is 2. The lowest BCUT2D eigenvalue weighted by Crippen LogP contribution is -2.61. The first-order valence-corrected chi connectivity index (χ1v) is 10.8. The second kappa shape index (κ2) is 9.34. The van der Waals surface area contributed by atoms with Gasteiger partial charge in [-0.3, -0.25) is 14.5 Å². The number of nitrogens with zero attached hydrogens (tertiary/aromatic N) is 1. The Kier molecular flexibility index (Phi) is 6.95. The highest BCUT2D eigenvalue weighted by atomic mass is 32.1. The number of nitrogens with one attached hydrogen (secondary N) is 1. The molecule has 0 bridgehead atoms. The molecule has 8 heteroatoms. The van der Waals surface area contributed by atoms with Crippen LogP contribution in [0.2, 0.25) is 0 Å². The van der Waals surface area contributed by atoms with Crippen molar-refractivity contribution in [3.63, 3.8) is 0 Å². The minimum absolute atomic E-state index is 0.0778. The zero-order chi connectivity index (χ0) is 23.5. The maximum atomic E-state index is 15.2. The molecule has 1 fully saturated rings. The molecular formula is C24H28FN3O3S. The van der Waals surface area contributed by atoms with Crippen molar-refractivity contribution >= 4 is 29.2 Å². The predicted molar refractivity (Wildman–Crippen MR) is 124 cm³/mol. The third-order valence-corrected chi connectivity index (χ3v) is 5.83. The van der Waals surface area contributed by atoms with E-state index in [9.17, 15) is 9.59 Å². The normalized spacial score (nSPS) is 20.6. The zero-order valence-electron chi connectivity index (χ0n) is 18.4. The Morgan fingerprint density at radius 2 is 1.81 bits per heavy atom. The van der Waals surface area contributed by atoms with Gasteiger partial charge in [-0.2, -0.15) is 0 Å². The molecule has 0 radical (unpaired) electrons.